The van der Waals surface area contributed by atoms with Crippen molar-refractivity contribution in [1.82, 2.24) is 9.38 Å². The molecule has 2 heterocycles. The van der Waals surface area contributed by atoms with Crippen molar-refractivity contribution in [2.45, 2.75) is 6.92 Å². The molecule has 23 heavy (non-hydrogen) atoms. The predicted octanol–water partition coefficient (Wildman–Crippen LogP) is 4.02. The largest absolute Gasteiger partial charge is 0.269 e. The minimum atomic E-state index is -0.967. The van der Waals surface area contributed by atoms with Crippen LogP contribution in [0.3, 0.4) is 0 Å². The zero-order valence-electron chi connectivity index (χ0n) is 12.1. The summed E-state index contributed by atoms with van der Waals surface area (Å²) in [5, 5.41) is 0.164. The molecule has 3 aromatic rings. The van der Waals surface area contributed by atoms with Gasteiger partial charge in [0.25, 0.3) is 5.56 Å². The van der Waals surface area contributed by atoms with Crippen molar-refractivity contribution in [1.29, 1.82) is 0 Å². The number of aromatic nitrogens is 2. The van der Waals surface area contributed by atoms with Gasteiger partial charge in [-0.05, 0) is 42.8 Å². The van der Waals surface area contributed by atoms with Gasteiger partial charge in [-0.3, -0.25) is 9.20 Å². The predicted molar refractivity (Wildman–Crippen MR) is 86.3 cm³/mol. The van der Waals surface area contributed by atoms with E-state index in [1.807, 2.05) is 0 Å². The minimum absolute atomic E-state index is 0.164. The highest BCUT2D eigenvalue weighted by molar-refractivity contribution is 6.51. The summed E-state index contributed by atoms with van der Waals surface area (Å²) in [4.78, 5) is 16.5. The Morgan fingerprint density at radius 3 is 2.70 bits per heavy atom. The van der Waals surface area contributed by atoms with Gasteiger partial charge in [0.2, 0.25) is 0 Å². The minimum Gasteiger partial charge on any atom is -0.269 e. The molecule has 0 unspecified atom stereocenters. The maximum atomic E-state index is 13.2. The van der Waals surface area contributed by atoms with Gasteiger partial charge in [0.15, 0.2) is 11.6 Å². The molecular weight excluding hydrogens is 322 g/mol. The first-order valence-corrected chi connectivity index (χ1v) is 7.15. The Hall–Kier alpha value is -2.53. The van der Waals surface area contributed by atoms with Crippen LogP contribution in [0, 0.1) is 18.6 Å². The Balaban J connectivity index is 2.10. The Morgan fingerprint density at radius 2 is 1.96 bits per heavy atom. The monoisotopic (exact) mass is 332 g/mol. The first-order chi connectivity index (χ1) is 11.0. The van der Waals surface area contributed by atoms with E-state index in [0.29, 0.717) is 11.2 Å². The second-order valence-corrected chi connectivity index (χ2v) is 5.41. The molecule has 3 nitrogen and oxygen atoms in total. The van der Waals surface area contributed by atoms with E-state index in [4.69, 9.17) is 11.6 Å². The molecule has 0 amide bonds. The lowest BCUT2D eigenvalue weighted by molar-refractivity contribution is 0.508. The first-order valence-electron chi connectivity index (χ1n) is 6.78. The smallest absolute Gasteiger partial charge is 0.258 e. The van der Waals surface area contributed by atoms with Crippen molar-refractivity contribution in [2.24, 2.45) is 0 Å². The van der Waals surface area contributed by atoms with Crippen LogP contribution < -0.4 is 5.56 Å². The summed E-state index contributed by atoms with van der Waals surface area (Å²) in [6, 6.07) is 10.0. The quantitative estimate of drug-likeness (QED) is 0.710. The molecule has 0 N–H and O–H groups in total. The van der Waals surface area contributed by atoms with E-state index >= 15 is 0 Å². The van der Waals surface area contributed by atoms with Gasteiger partial charge in [-0.25, -0.2) is 13.8 Å². The van der Waals surface area contributed by atoms with Gasteiger partial charge >= 0.3 is 0 Å². The van der Waals surface area contributed by atoms with Crippen LogP contribution in [-0.4, -0.2) is 9.38 Å². The van der Waals surface area contributed by atoms with Crippen LogP contribution in [0.2, 0.25) is 0 Å². The number of pyridine rings is 1. The Morgan fingerprint density at radius 1 is 1.17 bits per heavy atom. The number of hydrogen-bond donors (Lipinski definition) is 0. The Bertz CT molecular complexity index is 996. The normalized spacial score (nSPS) is 11.9. The van der Waals surface area contributed by atoms with Crippen LogP contribution in [0.5, 0.6) is 0 Å². The SMILES string of the molecule is Cc1cccc2nc(/C(Cl)=C/c3ccc(F)c(F)c3)cc(=O)n12. The highest BCUT2D eigenvalue weighted by Crippen LogP contribution is 2.21. The fourth-order valence-electron chi connectivity index (χ4n) is 2.26. The molecule has 116 valence electrons. The van der Waals surface area contributed by atoms with Gasteiger partial charge in [-0.2, -0.15) is 0 Å². The number of benzene rings is 1. The number of fused-ring (bicyclic) bond motifs is 1. The highest BCUT2D eigenvalue weighted by Gasteiger charge is 2.08. The van der Waals surface area contributed by atoms with Gasteiger partial charge in [0, 0.05) is 11.8 Å². The van der Waals surface area contributed by atoms with E-state index < -0.39 is 11.6 Å². The molecule has 0 aliphatic heterocycles. The first kappa shape index (κ1) is 15.4. The zero-order chi connectivity index (χ0) is 16.6. The molecule has 0 atom stereocenters. The standard InChI is InChI=1S/C17H11ClF2N2O/c1-10-3-2-4-16-21-15(9-17(23)22(10)16)12(18)7-11-5-6-13(19)14(20)8-11/h2-9H,1H3/b12-7-. The van der Waals surface area contributed by atoms with Gasteiger partial charge in [0.05, 0.1) is 10.7 Å². The molecule has 0 saturated carbocycles. The van der Waals surface area contributed by atoms with Crippen molar-refractivity contribution in [2.75, 3.05) is 0 Å². The van der Waals surface area contributed by atoms with E-state index in [1.165, 1.54) is 22.6 Å². The third-order valence-electron chi connectivity index (χ3n) is 3.36. The van der Waals surface area contributed by atoms with Crippen molar-refractivity contribution in [3.8, 4) is 0 Å². The summed E-state index contributed by atoms with van der Waals surface area (Å²) in [5.41, 5.74) is 1.60. The van der Waals surface area contributed by atoms with E-state index in [-0.39, 0.29) is 16.3 Å². The van der Waals surface area contributed by atoms with Gasteiger partial charge in [-0.1, -0.05) is 23.7 Å². The highest BCUT2D eigenvalue weighted by atomic mass is 35.5. The Labute approximate surface area is 135 Å². The lowest BCUT2D eigenvalue weighted by Gasteiger charge is -2.06. The summed E-state index contributed by atoms with van der Waals surface area (Å²) in [7, 11) is 0. The molecule has 0 bridgehead atoms. The van der Waals surface area contributed by atoms with Crippen molar-refractivity contribution < 1.29 is 8.78 Å². The van der Waals surface area contributed by atoms with Crippen molar-refractivity contribution >= 4 is 28.4 Å². The number of aryl methyl sites for hydroxylation is 1. The summed E-state index contributed by atoms with van der Waals surface area (Å²) < 4.78 is 27.6. The maximum Gasteiger partial charge on any atom is 0.258 e. The van der Waals surface area contributed by atoms with Gasteiger partial charge < -0.3 is 0 Å². The molecule has 1 aromatic carbocycles. The number of nitrogens with zero attached hydrogens (tertiary/aromatic N) is 2. The molecule has 0 radical (unpaired) electrons. The van der Waals surface area contributed by atoms with Gasteiger partial charge in [0.1, 0.15) is 5.65 Å². The molecular formula is C17H11ClF2N2O. The molecule has 0 aliphatic rings. The second-order valence-electron chi connectivity index (χ2n) is 5.01. The molecule has 0 aliphatic carbocycles. The molecule has 0 fully saturated rings. The average Bonchev–Trinajstić information content (AvgIpc) is 2.50. The number of rotatable bonds is 2. The van der Waals surface area contributed by atoms with Crippen LogP contribution in [0.25, 0.3) is 16.8 Å². The molecule has 6 heteroatoms. The molecule has 3 rings (SSSR count). The third kappa shape index (κ3) is 3.00. The fourth-order valence-corrected chi connectivity index (χ4v) is 2.48. The van der Waals surface area contributed by atoms with Gasteiger partial charge in [-0.15, -0.1) is 0 Å². The van der Waals surface area contributed by atoms with E-state index in [2.05, 4.69) is 4.98 Å². The summed E-state index contributed by atoms with van der Waals surface area (Å²) in [5.74, 6) is -1.90. The second kappa shape index (κ2) is 5.93. The maximum absolute atomic E-state index is 13.2. The van der Waals surface area contributed by atoms with Crippen LogP contribution in [0.4, 0.5) is 8.78 Å². The summed E-state index contributed by atoms with van der Waals surface area (Å²) in [6.45, 7) is 1.80. The van der Waals surface area contributed by atoms with Crippen LogP contribution >= 0.6 is 11.6 Å². The lowest BCUT2D eigenvalue weighted by Crippen LogP contribution is -2.17. The van der Waals surface area contributed by atoms with Crippen molar-refractivity contribution in [3.05, 3.63) is 81.4 Å². The number of hydrogen-bond acceptors (Lipinski definition) is 2. The number of halogens is 3. The third-order valence-corrected chi connectivity index (χ3v) is 3.66. The van der Waals surface area contributed by atoms with Crippen LogP contribution in [-0.2, 0) is 0 Å². The fraction of sp³-hybridized carbons (Fsp3) is 0.0588. The van der Waals surface area contributed by atoms with E-state index in [0.717, 1.165) is 17.8 Å². The van der Waals surface area contributed by atoms with Crippen LogP contribution in [0.1, 0.15) is 17.0 Å². The molecule has 2 aromatic heterocycles. The summed E-state index contributed by atoms with van der Waals surface area (Å²) in [6.07, 6.45) is 1.43. The Kier molecular flexibility index (Phi) is 3.96. The molecule has 0 spiro atoms. The summed E-state index contributed by atoms with van der Waals surface area (Å²) >= 11 is 6.18. The van der Waals surface area contributed by atoms with E-state index in [9.17, 15) is 13.6 Å². The lowest BCUT2D eigenvalue weighted by atomic mass is 10.2. The topological polar surface area (TPSA) is 34.4 Å². The average molecular weight is 333 g/mol. The van der Waals surface area contributed by atoms with Crippen LogP contribution in [0.15, 0.2) is 47.3 Å². The van der Waals surface area contributed by atoms with E-state index in [1.54, 1.807) is 25.1 Å². The molecule has 0 saturated heterocycles. The zero-order valence-corrected chi connectivity index (χ0v) is 12.8. The van der Waals surface area contributed by atoms with Crippen molar-refractivity contribution in [3.63, 3.8) is 0 Å².